The van der Waals surface area contributed by atoms with Gasteiger partial charge in [-0.05, 0) is 52.5 Å². The summed E-state index contributed by atoms with van der Waals surface area (Å²) in [6, 6.07) is 13.9. The molecule has 5 heteroatoms. The first kappa shape index (κ1) is 18.3. The smallest absolute Gasteiger partial charge is 0.303 e. The molecule has 4 nitrogen and oxygen atoms in total. The maximum absolute atomic E-state index is 10.7. The zero-order chi connectivity index (χ0) is 17.4. The third-order valence-corrected chi connectivity index (χ3v) is 4.07. The van der Waals surface area contributed by atoms with E-state index >= 15 is 0 Å². The summed E-state index contributed by atoms with van der Waals surface area (Å²) in [5.74, 6) is 0.486. The Labute approximate surface area is 150 Å². The maximum atomic E-state index is 10.7. The summed E-state index contributed by atoms with van der Waals surface area (Å²) in [6.07, 6.45) is 1.35. The fourth-order valence-corrected chi connectivity index (χ4v) is 2.94. The monoisotopic (exact) mass is 392 g/mol. The van der Waals surface area contributed by atoms with Gasteiger partial charge in [0.1, 0.15) is 0 Å². The van der Waals surface area contributed by atoms with Gasteiger partial charge in [-0.25, -0.2) is 0 Å². The molecule has 0 bridgehead atoms. The number of ether oxygens (including phenoxy) is 2. The van der Waals surface area contributed by atoms with Crippen LogP contribution in [-0.2, 0) is 17.6 Å². The van der Waals surface area contributed by atoms with E-state index in [0.29, 0.717) is 31.1 Å². The Hall–Kier alpha value is -2.01. The molecule has 2 aromatic rings. The standard InChI is InChI=1S/C19H21BrO4/c1-2-23-17-13-15(8-9-18(21)22)12-16(20)19(17)24-11-10-14-6-4-3-5-7-14/h3-7,12-13H,2,8-11H2,1H3,(H,21,22). The zero-order valence-electron chi connectivity index (χ0n) is 13.6. The highest BCUT2D eigenvalue weighted by molar-refractivity contribution is 9.10. The lowest BCUT2D eigenvalue weighted by Gasteiger charge is -2.15. The molecule has 24 heavy (non-hydrogen) atoms. The van der Waals surface area contributed by atoms with E-state index in [1.54, 1.807) is 0 Å². The first-order valence-electron chi connectivity index (χ1n) is 7.94. The predicted molar refractivity (Wildman–Crippen MR) is 96.9 cm³/mol. The third kappa shape index (κ3) is 5.57. The van der Waals surface area contributed by atoms with Gasteiger partial charge in [-0.3, -0.25) is 4.79 Å². The number of carbonyl (C=O) groups is 1. The third-order valence-electron chi connectivity index (χ3n) is 3.48. The number of hydrogen-bond acceptors (Lipinski definition) is 3. The van der Waals surface area contributed by atoms with E-state index in [0.717, 1.165) is 16.5 Å². The lowest BCUT2D eigenvalue weighted by Crippen LogP contribution is -2.05. The van der Waals surface area contributed by atoms with Gasteiger partial charge >= 0.3 is 5.97 Å². The number of benzene rings is 2. The van der Waals surface area contributed by atoms with E-state index in [1.165, 1.54) is 5.56 Å². The van der Waals surface area contributed by atoms with E-state index in [2.05, 4.69) is 28.1 Å². The number of aryl methyl sites for hydroxylation is 1. The van der Waals surface area contributed by atoms with Crippen molar-refractivity contribution in [2.45, 2.75) is 26.2 Å². The Kier molecular flexibility index (Phi) is 7.12. The van der Waals surface area contributed by atoms with Crippen LogP contribution < -0.4 is 9.47 Å². The molecule has 0 atom stereocenters. The van der Waals surface area contributed by atoms with Gasteiger partial charge in [0.05, 0.1) is 17.7 Å². The number of aliphatic carboxylic acids is 1. The summed E-state index contributed by atoms with van der Waals surface area (Å²) in [5.41, 5.74) is 2.12. The van der Waals surface area contributed by atoms with Gasteiger partial charge in [0.25, 0.3) is 0 Å². The fraction of sp³-hybridized carbons (Fsp3) is 0.316. The van der Waals surface area contributed by atoms with Crippen molar-refractivity contribution in [2.24, 2.45) is 0 Å². The zero-order valence-corrected chi connectivity index (χ0v) is 15.2. The highest BCUT2D eigenvalue weighted by Gasteiger charge is 2.13. The molecule has 128 valence electrons. The second-order valence-corrected chi connectivity index (χ2v) is 6.17. The van der Waals surface area contributed by atoms with Gasteiger partial charge in [0, 0.05) is 12.8 Å². The van der Waals surface area contributed by atoms with Crippen molar-refractivity contribution in [1.82, 2.24) is 0 Å². The van der Waals surface area contributed by atoms with Crippen molar-refractivity contribution < 1.29 is 19.4 Å². The highest BCUT2D eigenvalue weighted by atomic mass is 79.9. The Bertz CT molecular complexity index is 671. The van der Waals surface area contributed by atoms with Crippen LogP contribution in [0.3, 0.4) is 0 Å². The molecule has 1 N–H and O–H groups in total. The van der Waals surface area contributed by atoms with Crippen LogP contribution >= 0.6 is 15.9 Å². The molecular formula is C19H21BrO4. The largest absolute Gasteiger partial charge is 0.490 e. The molecule has 0 amide bonds. The molecule has 0 aliphatic rings. The number of halogens is 1. The van der Waals surface area contributed by atoms with Gasteiger partial charge in [0.2, 0.25) is 0 Å². The number of carboxylic acids is 1. The lowest BCUT2D eigenvalue weighted by molar-refractivity contribution is -0.136. The molecule has 0 aliphatic heterocycles. The molecule has 0 saturated heterocycles. The summed E-state index contributed by atoms with van der Waals surface area (Å²) < 4.78 is 12.4. The van der Waals surface area contributed by atoms with Crippen molar-refractivity contribution in [3.8, 4) is 11.5 Å². The molecule has 0 radical (unpaired) electrons. The van der Waals surface area contributed by atoms with Crippen molar-refractivity contribution in [3.63, 3.8) is 0 Å². The average molecular weight is 393 g/mol. The highest BCUT2D eigenvalue weighted by Crippen LogP contribution is 2.37. The minimum atomic E-state index is -0.813. The summed E-state index contributed by atoms with van der Waals surface area (Å²) in [6.45, 7) is 2.96. The van der Waals surface area contributed by atoms with Crippen molar-refractivity contribution in [3.05, 3.63) is 58.1 Å². The quantitative estimate of drug-likeness (QED) is 0.682. The Balaban J connectivity index is 2.07. The van der Waals surface area contributed by atoms with Crippen LogP contribution in [0.5, 0.6) is 11.5 Å². The molecule has 0 aromatic heterocycles. The van der Waals surface area contributed by atoms with Gasteiger partial charge in [-0.2, -0.15) is 0 Å². The van der Waals surface area contributed by atoms with Crippen LogP contribution in [0.15, 0.2) is 46.9 Å². The van der Waals surface area contributed by atoms with Crippen LogP contribution in [-0.4, -0.2) is 24.3 Å². The van der Waals surface area contributed by atoms with Crippen LogP contribution in [0.2, 0.25) is 0 Å². The second kappa shape index (κ2) is 9.33. The average Bonchev–Trinajstić information content (AvgIpc) is 2.56. The summed E-state index contributed by atoms with van der Waals surface area (Å²) in [5, 5.41) is 8.83. The van der Waals surface area contributed by atoms with Crippen LogP contribution in [0.4, 0.5) is 0 Å². The first-order chi connectivity index (χ1) is 11.6. The van der Waals surface area contributed by atoms with E-state index in [1.807, 2.05) is 37.3 Å². The van der Waals surface area contributed by atoms with Crippen molar-refractivity contribution in [2.75, 3.05) is 13.2 Å². The topological polar surface area (TPSA) is 55.8 Å². The minimum Gasteiger partial charge on any atom is -0.490 e. The molecule has 0 unspecified atom stereocenters. The van der Waals surface area contributed by atoms with Crippen molar-refractivity contribution >= 4 is 21.9 Å². The maximum Gasteiger partial charge on any atom is 0.303 e. The van der Waals surface area contributed by atoms with E-state index in [4.69, 9.17) is 14.6 Å². The summed E-state index contributed by atoms with van der Waals surface area (Å²) >= 11 is 3.51. The van der Waals surface area contributed by atoms with Crippen LogP contribution in [0.25, 0.3) is 0 Å². The molecule has 0 spiro atoms. The number of hydrogen-bond donors (Lipinski definition) is 1. The van der Waals surface area contributed by atoms with Gasteiger partial charge in [-0.1, -0.05) is 30.3 Å². The SMILES string of the molecule is CCOc1cc(CCC(=O)O)cc(Br)c1OCCc1ccccc1. The Morgan fingerprint density at radius 1 is 1.08 bits per heavy atom. The second-order valence-electron chi connectivity index (χ2n) is 5.32. The molecule has 0 saturated carbocycles. The lowest BCUT2D eigenvalue weighted by atomic mass is 10.1. The molecular weight excluding hydrogens is 372 g/mol. The Morgan fingerprint density at radius 3 is 2.50 bits per heavy atom. The minimum absolute atomic E-state index is 0.0895. The van der Waals surface area contributed by atoms with E-state index < -0.39 is 5.97 Å². The van der Waals surface area contributed by atoms with Gasteiger partial charge in [-0.15, -0.1) is 0 Å². The first-order valence-corrected chi connectivity index (χ1v) is 8.73. The number of carboxylic acid groups (broad SMARTS) is 1. The fourth-order valence-electron chi connectivity index (χ4n) is 2.34. The normalized spacial score (nSPS) is 10.4. The predicted octanol–water partition coefficient (Wildman–Crippen LogP) is 4.49. The van der Waals surface area contributed by atoms with Crippen LogP contribution in [0.1, 0.15) is 24.5 Å². The molecule has 2 rings (SSSR count). The number of rotatable bonds is 9. The Morgan fingerprint density at radius 2 is 1.83 bits per heavy atom. The summed E-state index contributed by atoms with van der Waals surface area (Å²) in [7, 11) is 0. The molecule has 0 fully saturated rings. The molecule has 0 heterocycles. The molecule has 2 aromatic carbocycles. The van der Waals surface area contributed by atoms with E-state index in [-0.39, 0.29) is 6.42 Å². The van der Waals surface area contributed by atoms with E-state index in [9.17, 15) is 4.79 Å². The van der Waals surface area contributed by atoms with Crippen molar-refractivity contribution in [1.29, 1.82) is 0 Å². The van der Waals surface area contributed by atoms with Gasteiger partial charge < -0.3 is 14.6 Å². The van der Waals surface area contributed by atoms with Crippen LogP contribution in [0, 0.1) is 0 Å². The van der Waals surface area contributed by atoms with Gasteiger partial charge in [0.15, 0.2) is 11.5 Å². The summed E-state index contributed by atoms with van der Waals surface area (Å²) in [4.78, 5) is 10.7. The molecule has 0 aliphatic carbocycles.